The van der Waals surface area contributed by atoms with Crippen LogP contribution in [0.15, 0.2) is 63.5 Å². The van der Waals surface area contributed by atoms with E-state index >= 15 is 0 Å². The molecule has 6 nitrogen and oxygen atoms in total. The number of carbonyl (C=O) groups excluding carboxylic acids is 1. The molecule has 0 saturated heterocycles. The van der Waals surface area contributed by atoms with E-state index in [1.807, 2.05) is 43.3 Å². The molecule has 0 unspecified atom stereocenters. The van der Waals surface area contributed by atoms with Gasteiger partial charge in [-0.25, -0.2) is 10.4 Å². The summed E-state index contributed by atoms with van der Waals surface area (Å²) in [5.74, 6) is -0.0365. The summed E-state index contributed by atoms with van der Waals surface area (Å²) >= 11 is 1.23. The lowest BCUT2D eigenvalue weighted by molar-refractivity contribution is -0.118. The van der Waals surface area contributed by atoms with E-state index in [0.717, 1.165) is 11.1 Å². The van der Waals surface area contributed by atoms with Crippen molar-refractivity contribution in [2.24, 2.45) is 5.10 Å². The van der Waals surface area contributed by atoms with E-state index in [4.69, 9.17) is 4.42 Å². The van der Waals surface area contributed by atoms with Crippen LogP contribution < -0.4 is 5.43 Å². The number of benzene rings is 1. The Kier molecular flexibility index (Phi) is 4.68. The van der Waals surface area contributed by atoms with Crippen molar-refractivity contribution in [2.75, 3.05) is 5.75 Å². The molecule has 1 N–H and O–H groups in total. The number of nitrogens with one attached hydrogen (secondary N) is 1. The number of oxazole rings is 1. The van der Waals surface area contributed by atoms with Crippen molar-refractivity contribution in [3.05, 3.63) is 54.4 Å². The molecule has 3 rings (SSSR count). The zero-order chi connectivity index (χ0) is 16.1. The highest BCUT2D eigenvalue weighted by Gasteiger charge is 2.08. The molecule has 0 spiro atoms. The third-order valence-corrected chi connectivity index (χ3v) is 3.88. The van der Waals surface area contributed by atoms with Gasteiger partial charge in [-0.05, 0) is 31.2 Å². The van der Waals surface area contributed by atoms with Gasteiger partial charge in [-0.3, -0.25) is 9.78 Å². The first-order chi connectivity index (χ1) is 11.2. The maximum Gasteiger partial charge on any atom is 0.257 e. The predicted molar refractivity (Wildman–Crippen MR) is 89.3 cm³/mol. The molecule has 23 heavy (non-hydrogen) atoms. The van der Waals surface area contributed by atoms with Gasteiger partial charge < -0.3 is 4.42 Å². The van der Waals surface area contributed by atoms with Crippen LogP contribution in [0.25, 0.3) is 11.1 Å². The minimum absolute atomic E-state index is 0.181. The van der Waals surface area contributed by atoms with Crippen molar-refractivity contribution in [1.29, 1.82) is 0 Å². The highest BCUT2D eigenvalue weighted by molar-refractivity contribution is 7.99. The number of nitrogens with zero attached hydrogens (tertiary/aromatic N) is 3. The van der Waals surface area contributed by atoms with E-state index in [1.54, 1.807) is 12.4 Å². The number of hydrazone groups is 1. The van der Waals surface area contributed by atoms with E-state index in [-0.39, 0.29) is 11.7 Å². The van der Waals surface area contributed by atoms with Crippen molar-refractivity contribution < 1.29 is 9.21 Å². The Balaban J connectivity index is 1.55. The van der Waals surface area contributed by atoms with E-state index in [1.165, 1.54) is 11.8 Å². The summed E-state index contributed by atoms with van der Waals surface area (Å²) in [6.07, 6.45) is 3.36. The molecule has 0 bridgehead atoms. The van der Waals surface area contributed by atoms with Gasteiger partial charge in [-0.1, -0.05) is 23.9 Å². The first kappa shape index (κ1) is 15.2. The molecular formula is C16H14N4O2S. The standard InChI is InChI=1S/C16H14N4O2S/c1-11(12-6-8-17-9-7-12)19-20-15(21)10-23-16-18-13-4-2-3-5-14(13)22-16/h2-9H,10H2,1H3,(H,20,21)/b19-11+. The monoisotopic (exact) mass is 326 g/mol. The number of amides is 1. The normalized spacial score (nSPS) is 11.6. The number of carbonyl (C=O) groups is 1. The summed E-state index contributed by atoms with van der Waals surface area (Å²) in [6.45, 7) is 1.82. The van der Waals surface area contributed by atoms with Gasteiger partial charge in [-0.15, -0.1) is 0 Å². The van der Waals surface area contributed by atoms with Gasteiger partial charge in [0.1, 0.15) is 5.52 Å². The number of fused-ring (bicyclic) bond motifs is 1. The average Bonchev–Trinajstić information content (AvgIpc) is 3.01. The molecular weight excluding hydrogens is 312 g/mol. The molecule has 0 aliphatic heterocycles. The smallest absolute Gasteiger partial charge is 0.257 e. The average molecular weight is 326 g/mol. The second-order valence-corrected chi connectivity index (χ2v) is 5.63. The van der Waals surface area contributed by atoms with Crippen LogP contribution >= 0.6 is 11.8 Å². The molecule has 0 saturated carbocycles. The van der Waals surface area contributed by atoms with Crippen molar-refractivity contribution >= 4 is 34.5 Å². The van der Waals surface area contributed by atoms with Gasteiger partial charge >= 0.3 is 0 Å². The Morgan fingerprint density at radius 1 is 1.26 bits per heavy atom. The third kappa shape index (κ3) is 3.95. The lowest BCUT2D eigenvalue weighted by atomic mass is 10.2. The molecule has 1 aromatic carbocycles. The maximum absolute atomic E-state index is 11.8. The number of para-hydroxylation sites is 2. The highest BCUT2D eigenvalue weighted by atomic mass is 32.2. The molecule has 2 heterocycles. The zero-order valence-electron chi connectivity index (χ0n) is 12.4. The molecule has 1 amide bonds. The second-order valence-electron chi connectivity index (χ2n) is 4.70. The number of aromatic nitrogens is 2. The molecule has 0 fully saturated rings. The van der Waals surface area contributed by atoms with Crippen LogP contribution in [0.1, 0.15) is 12.5 Å². The summed E-state index contributed by atoms with van der Waals surface area (Å²) in [6, 6.07) is 11.1. The van der Waals surface area contributed by atoms with Gasteiger partial charge in [0, 0.05) is 18.0 Å². The van der Waals surface area contributed by atoms with Crippen LogP contribution in [-0.4, -0.2) is 27.3 Å². The molecule has 0 radical (unpaired) electrons. The predicted octanol–water partition coefficient (Wildman–Crippen LogP) is 2.86. The highest BCUT2D eigenvalue weighted by Crippen LogP contribution is 2.22. The van der Waals surface area contributed by atoms with Crippen LogP contribution in [0.5, 0.6) is 0 Å². The summed E-state index contributed by atoms with van der Waals surface area (Å²) < 4.78 is 5.54. The van der Waals surface area contributed by atoms with Crippen molar-refractivity contribution in [3.63, 3.8) is 0 Å². The fraction of sp³-hybridized carbons (Fsp3) is 0.125. The minimum atomic E-state index is -0.217. The summed E-state index contributed by atoms with van der Waals surface area (Å²) in [5, 5.41) is 4.54. The second kappa shape index (κ2) is 7.06. The molecule has 7 heteroatoms. The van der Waals surface area contributed by atoms with Crippen LogP contribution in [0.4, 0.5) is 0 Å². The van der Waals surface area contributed by atoms with Crippen molar-refractivity contribution in [1.82, 2.24) is 15.4 Å². The summed E-state index contributed by atoms with van der Waals surface area (Å²) in [5.41, 5.74) is 5.64. The Hall–Kier alpha value is -2.67. The topological polar surface area (TPSA) is 80.4 Å². The molecule has 0 aliphatic carbocycles. The van der Waals surface area contributed by atoms with Crippen LogP contribution in [0.2, 0.25) is 0 Å². The van der Waals surface area contributed by atoms with E-state index in [2.05, 4.69) is 20.5 Å². The quantitative estimate of drug-likeness (QED) is 0.443. The van der Waals surface area contributed by atoms with Crippen LogP contribution in [0.3, 0.4) is 0 Å². The Morgan fingerprint density at radius 2 is 2.04 bits per heavy atom. The van der Waals surface area contributed by atoms with Gasteiger partial charge in [0.05, 0.1) is 11.5 Å². The van der Waals surface area contributed by atoms with Crippen molar-refractivity contribution in [3.8, 4) is 0 Å². The Morgan fingerprint density at radius 3 is 2.83 bits per heavy atom. The van der Waals surface area contributed by atoms with E-state index in [0.29, 0.717) is 16.5 Å². The SMILES string of the molecule is C/C(=N\NC(=O)CSc1nc2ccccc2o1)c1ccncc1. The van der Waals surface area contributed by atoms with Gasteiger partial charge in [0.25, 0.3) is 11.1 Å². The number of hydrogen-bond donors (Lipinski definition) is 1. The zero-order valence-corrected chi connectivity index (χ0v) is 13.2. The van der Waals surface area contributed by atoms with Crippen LogP contribution in [-0.2, 0) is 4.79 Å². The third-order valence-electron chi connectivity index (χ3n) is 3.05. The molecule has 3 aromatic rings. The van der Waals surface area contributed by atoms with Crippen LogP contribution in [0, 0.1) is 0 Å². The van der Waals surface area contributed by atoms with Gasteiger partial charge in [0.15, 0.2) is 5.58 Å². The number of rotatable bonds is 5. The lowest BCUT2D eigenvalue weighted by Crippen LogP contribution is -2.21. The minimum Gasteiger partial charge on any atom is -0.431 e. The number of pyridine rings is 1. The Labute approximate surface area is 137 Å². The fourth-order valence-electron chi connectivity index (χ4n) is 1.88. The van der Waals surface area contributed by atoms with Gasteiger partial charge in [0.2, 0.25) is 0 Å². The largest absolute Gasteiger partial charge is 0.431 e. The Bertz CT molecular complexity index is 812. The number of hydrogen-bond acceptors (Lipinski definition) is 6. The first-order valence-electron chi connectivity index (χ1n) is 6.94. The molecule has 116 valence electrons. The van der Waals surface area contributed by atoms with Gasteiger partial charge in [-0.2, -0.15) is 5.10 Å². The molecule has 2 aromatic heterocycles. The lowest BCUT2D eigenvalue weighted by Gasteiger charge is -2.01. The number of thioether (sulfide) groups is 1. The van der Waals surface area contributed by atoms with Crippen molar-refractivity contribution in [2.45, 2.75) is 12.1 Å². The van der Waals surface area contributed by atoms with E-state index in [9.17, 15) is 4.79 Å². The summed E-state index contributed by atoms with van der Waals surface area (Å²) in [7, 11) is 0. The molecule has 0 aliphatic rings. The summed E-state index contributed by atoms with van der Waals surface area (Å²) in [4.78, 5) is 20.1. The molecule has 0 atom stereocenters. The first-order valence-corrected chi connectivity index (χ1v) is 7.93. The van der Waals surface area contributed by atoms with E-state index < -0.39 is 0 Å². The maximum atomic E-state index is 11.8. The fourth-order valence-corrected chi connectivity index (χ4v) is 2.51.